The minimum absolute atomic E-state index is 0.0881. The maximum atomic E-state index is 13.1. The van der Waals surface area contributed by atoms with Crippen LogP contribution in [0.3, 0.4) is 0 Å². The molecule has 2 aliphatic rings. The number of benzene rings is 2. The van der Waals surface area contributed by atoms with Crippen molar-refractivity contribution in [2.24, 2.45) is 0 Å². The predicted molar refractivity (Wildman–Crippen MR) is 108 cm³/mol. The van der Waals surface area contributed by atoms with Crippen LogP contribution in [0, 0.1) is 0 Å². The molecule has 7 nitrogen and oxygen atoms in total. The summed E-state index contributed by atoms with van der Waals surface area (Å²) in [4.78, 5) is 26.8. The fourth-order valence-electron chi connectivity index (χ4n) is 3.66. The summed E-state index contributed by atoms with van der Waals surface area (Å²) in [5, 5.41) is 8.68. The van der Waals surface area contributed by atoms with Crippen LogP contribution in [0.2, 0.25) is 5.02 Å². The minimum Gasteiger partial charge on any atom is -0.453 e. The Kier molecular flexibility index (Phi) is 4.75. The van der Waals surface area contributed by atoms with Crippen LogP contribution in [0.25, 0.3) is 11.5 Å². The van der Waals surface area contributed by atoms with Gasteiger partial charge in [-0.2, -0.15) is 0 Å². The van der Waals surface area contributed by atoms with E-state index in [0.717, 1.165) is 18.4 Å². The lowest BCUT2D eigenvalue weighted by Crippen LogP contribution is -2.33. The van der Waals surface area contributed by atoms with E-state index in [2.05, 4.69) is 10.2 Å². The van der Waals surface area contributed by atoms with E-state index in [1.807, 2.05) is 24.3 Å². The largest absolute Gasteiger partial charge is 0.453 e. The zero-order valence-corrected chi connectivity index (χ0v) is 16.7. The molecule has 1 amide bonds. The van der Waals surface area contributed by atoms with Gasteiger partial charge in [-0.25, -0.2) is 4.79 Å². The fourth-order valence-corrected chi connectivity index (χ4v) is 3.88. The third kappa shape index (κ3) is 3.57. The number of amides is 1. The number of ether oxygens (including phenoxy) is 1. The highest BCUT2D eigenvalue weighted by molar-refractivity contribution is 6.33. The average Bonchev–Trinajstić information content (AvgIpc) is 3.41. The van der Waals surface area contributed by atoms with E-state index >= 15 is 0 Å². The maximum absolute atomic E-state index is 13.1. The van der Waals surface area contributed by atoms with Crippen LogP contribution in [0.15, 0.2) is 52.9 Å². The number of halogens is 1. The molecule has 8 heteroatoms. The Bertz CT molecular complexity index is 1120. The predicted octanol–water partition coefficient (Wildman–Crippen LogP) is 4.18. The third-order valence-corrected chi connectivity index (χ3v) is 5.65. The quantitative estimate of drug-likeness (QED) is 0.553. The van der Waals surface area contributed by atoms with Crippen LogP contribution in [0.4, 0.5) is 0 Å². The Balaban J connectivity index is 1.32. The van der Waals surface area contributed by atoms with Crippen molar-refractivity contribution in [3.05, 3.63) is 70.6 Å². The number of cyclic esters (lactones) is 1. The molecule has 1 atom stereocenters. The van der Waals surface area contributed by atoms with Gasteiger partial charge in [0.1, 0.15) is 6.10 Å². The van der Waals surface area contributed by atoms with Crippen LogP contribution >= 0.6 is 11.6 Å². The van der Waals surface area contributed by atoms with Gasteiger partial charge in [-0.05, 0) is 31.0 Å². The molecule has 2 heterocycles. The van der Waals surface area contributed by atoms with Crippen molar-refractivity contribution >= 4 is 23.5 Å². The monoisotopic (exact) mass is 423 g/mol. The zero-order chi connectivity index (χ0) is 20.7. The van der Waals surface area contributed by atoms with E-state index < -0.39 is 6.10 Å². The lowest BCUT2D eigenvalue weighted by molar-refractivity contribution is -0.134. The van der Waals surface area contributed by atoms with E-state index in [1.54, 1.807) is 29.2 Å². The Labute approximate surface area is 177 Å². The van der Waals surface area contributed by atoms with Crippen molar-refractivity contribution < 1.29 is 18.7 Å². The molecule has 1 aliphatic heterocycles. The van der Waals surface area contributed by atoms with Crippen LogP contribution in [-0.2, 0) is 16.1 Å². The van der Waals surface area contributed by atoms with Gasteiger partial charge in [-0.15, -0.1) is 10.2 Å². The van der Waals surface area contributed by atoms with E-state index in [9.17, 15) is 9.59 Å². The standard InChI is InChI=1S/C22H18ClN3O4/c23-17-8-4-3-7-16(17)21-25-24-19(30-21)12-26(13-9-10-13)20(27)11-18-14-5-1-2-6-15(14)22(28)29-18/h1-8,13,18H,9-12H2/t18-/m1/s1. The average molecular weight is 424 g/mol. The SMILES string of the molecule is O=C1O[C@H](CC(=O)N(Cc2nnc(-c3ccccc3Cl)o2)C2CC2)c2ccccc21. The molecule has 1 fully saturated rings. The number of rotatable bonds is 6. The van der Waals surface area contributed by atoms with E-state index in [-0.39, 0.29) is 30.9 Å². The van der Waals surface area contributed by atoms with Gasteiger partial charge in [0.25, 0.3) is 0 Å². The summed E-state index contributed by atoms with van der Waals surface area (Å²) in [6.45, 7) is 0.212. The second-order valence-electron chi connectivity index (χ2n) is 7.42. The molecular formula is C22H18ClN3O4. The molecule has 152 valence electrons. The summed E-state index contributed by atoms with van der Waals surface area (Å²) in [6, 6.07) is 14.5. The molecule has 0 spiro atoms. The number of esters is 1. The van der Waals surface area contributed by atoms with Crippen LogP contribution in [0.5, 0.6) is 0 Å². The highest BCUT2D eigenvalue weighted by atomic mass is 35.5. The number of aromatic nitrogens is 2. The molecule has 0 bridgehead atoms. The molecule has 0 unspecified atom stereocenters. The summed E-state index contributed by atoms with van der Waals surface area (Å²) in [5.41, 5.74) is 1.93. The molecule has 0 saturated heterocycles. The summed E-state index contributed by atoms with van der Waals surface area (Å²) in [5.74, 6) is 0.165. The lowest BCUT2D eigenvalue weighted by atomic mass is 10.0. The molecule has 1 aliphatic carbocycles. The Hall–Kier alpha value is -3.19. The van der Waals surface area contributed by atoms with Gasteiger partial charge in [-0.3, -0.25) is 4.79 Å². The van der Waals surface area contributed by atoms with Crippen molar-refractivity contribution in [2.75, 3.05) is 0 Å². The van der Waals surface area contributed by atoms with Gasteiger partial charge < -0.3 is 14.1 Å². The van der Waals surface area contributed by atoms with E-state index in [4.69, 9.17) is 20.8 Å². The lowest BCUT2D eigenvalue weighted by Gasteiger charge is -2.22. The number of hydrogen-bond donors (Lipinski definition) is 0. The second-order valence-corrected chi connectivity index (χ2v) is 7.83. The topological polar surface area (TPSA) is 85.5 Å². The Morgan fingerprint density at radius 2 is 1.80 bits per heavy atom. The molecule has 1 saturated carbocycles. The van der Waals surface area contributed by atoms with E-state index in [1.165, 1.54) is 0 Å². The number of nitrogens with zero attached hydrogens (tertiary/aromatic N) is 3. The molecule has 0 radical (unpaired) electrons. The zero-order valence-electron chi connectivity index (χ0n) is 16.0. The second kappa shape index (κ2) is 7.57. The van der Waals surface area contributed by atoms with Crippen molar-refractivity contribution in [1.82, 2.24) is 15.1 Å². The number of carbonyl (C=O) groups is 2. The molecule has 1 aromatic heterocycles. The van der Waals surface area contributed by atoms with Gasteiger partial charge in [0.15, 0.2) is 0 Å². The summed E-state index contributed by atoms with van der Waals surface area (Å²) >= 11 is 6.20. The van der Waals surface area contributed by atoms with Gasteiger partial charge in [0.2, 0.25) is 17.7 Å². The summed E-state index contributed by atoms with van der Waals surface area (Å²) < 4.78 is 11.2. The molecule has 3 aromatic rings. The van der Waals surface area contributed by atoms with Crippen LogP contribution in [0.1, 0.15) is 47.2 Å². The van der Waals surface area contributed by atoms with E-state index in [0.29, 0.717) is 27.9 Å². The number of carbonyl (C=O) groups excluding carboxylic acids is 2. The Morgan fingerprint density at radius 1 is 1.07 bits per heavy atom. The molecule has 5 rings (SSSR count). The van der Waals surface area contributed by atoms with Crippen LogP contribution in [-0.4, -0.2) is 33.0 Å². The first-order chi connectivity index (χ1) is 14.6. The fraction of sp³-hybridized carbons (Fsp3) is 0.273. The van der Waals surface area contributed by atoms with Gasteiger partial charge in [0, 0.05) is 11.6 Å². The maximum Gasteiger partial charge on any atom is 0.339 e. The van der Waals surface area contributed by atoms with Crippen molar-refractivity contribution in [2.45, 2.75) is 38.0 Å². The number of hydrogen-bond acceptors (Lipinski definition) is 6. The summed E-state index contributed by atoms with van der Waals surface area (Å²) in [7, 11) is 0. The molecular weight excluding hydrogens is 406 g/mol. The van der Waals surface area contributed by atoms with Gasteiger partial charge in [-0.1, -0.05) is 41.9 Å². The normalized spacial score (nSPS) is 17.5. The first kappa shape index (κ1) is 18.8. The number of fused-ring (bicyclic) bond motifs is 1. The summed E-state index contributed by atoms with van der Waals surface area (Å²) in [6.07, 6.45) is 1.38. The highest BCUT2D eigenvalue weighted by Gasteiger charge is 2.38. The molecule has 2 aromatic carbocycles. The molecule has 0 N–H and O–H groups in total. The van der Waals surface area contributed by atoms with Gasteiger partial charge in [0.05, 0.1) is 29.1 Å². The van der Waals surface area contributed by atoms with Crippen molar-refractivity contribution in [1.29, 1.82) is 0 Å². The molecule has 30 heavy (non-hydrogen) atoms. The smallest absolute Gasteiger partial charge is 0.339 e. The van der Waals surface area contributed by atoms with Crippen molar-refractivity contribution in [3.63, 3.8) is 0 Å². The van der Waals surface area contributed by atoms with Crippen LogP contribution < -0.4 is 0 Å². The third-order valence-electron chi connectivity index (χ3n) is 5.32. The minimum atomic E-state index is -0.566. The highest BCUT2D eigenvalue weighted by Crippen LogP contribution is 2.36. The Morgan fingerprint density at radius 3 is 2.57 bits per heavy atom. The first-order valence-electron chi connectivity index (χ1n) is 9.77. The van der Waals surface area contributed by atoms with Crippen molar-refractivity contribution in [3.8, 4) is 11.5 Å². The first-order valence-corrected chi connectivity index (χ1v) is 10.1. The van der Waals surface area contributed by atoms with Gasteiger partial charge >= 0.3 is 5.97 Å².